The van der Waals surface area contributed by atoms with Crippen LogP contribution < -0.4 is 9.47 Å². The molecule has 1 aliphatic rings. The molecule has 3 aromatic carbocycles. The Morgan fingerprint density at radius 1 is 0.667 bits per heavy atom. The van der Waals surface area contributed by atoms with Crippen molar-refractivity contribution in [1.82, 2.24) is 4.90 Å². The second-order valence-electron chi connectivity index (χ2n) is 6.23. The topological polar surface area (TPSA) is 55.8 Å². The fourth-order valence-electron chi connectivity index (χ4n) is 3.04. The third-order valence-electron chi connectivity index (χ3n) is 4.57. The maximum Gasteiger partial charge on any atom is 0.261 e. The van der Waals surface area contributed by atoms with E-state index >= 15 is 0 Å². The SMILES string of the molecule is COc1ccc(-c2ccc(Oc3ccc4c(c3)C(=O)N(C)C4=O)cc2)cc1. The van der Waals surface area contributed by atoms with E-state index in [1.165, 1.54) is 7.05 Å². The van der Waals surface area contributed by atoms with Crippen molar-refractivity contribution < 1.29 is 19.1 Å². The molecule has 0 saturated heterocycles. The summed E-state index contributed by atoms with van der Waals surface area (Å²) in [6, 6.07) is 20.4. The van der Waals surface area contributed by atoms with Gasteiger partial charge in [0.05, 0.1) is 18.2 Å². The van der Waals surface area contributed by atoms with Gasteiger partial charge in [-0.25, -0.2) is 0 Å². The van der Waals surface area contributed by atoms with Crippen molar-refractivity contribution in [1.29, 1.82) is 0 Å². The summed E-state index contributed by atoms with van der Waals surface area (Å²) < 4.78 is 11.0. The summed E-state index contributed by atoms with van der Waals surface area (Å²) in [5.74, 6) is 1.38. The molecular weight excluding hydrogens is 342 g/mol. The predicted octanol–water partition coefficient (Wildman–Crippen LogP) is 4.38. The second kappa shape index (κ2) is 6.61. The van der Waals surface area contributed by atoms with E-state index in [-0.39, 0.29) is 11.8 Å². The van der Waals surface area contributed by atoms with E-state index in [0.717, 1.165) is 21.8 Å². The van der Waals surface area contributed by atoms with Gasteiger partial charge in [0.1, 0.15) is 17.2 Å². The van der Waals surface area contributed by atoms with Crippen molar-refractivity contribution in [3.8, 4) is 28.4 Å². The van der Waals surface area contributed by atoms with Crippen LogP contribution in [0, 0.1) is 0 Å². The summed E-state index contributed by atoms with van der Waals surface area (Å²) in [6.07, 6.45) is 0. The first-order valence-corrected chi connectivity index (χ1v) is 8.45. The van der Waals surface area contributed by atoms with Crippen LogP contribution in [0.15, 0.2) is 66.7 Å². The third kappa shape index (κ3) is 3.04. The first-order chi connectivity index (χ1) is 13.1. The highest BCUT2D eigenvalue weighted by atomic mass is 16.5. The van der Waals surface area contributed by atoms with Crippen molar-refractivity contribution in [3.63, 3.8) is 0 Å². The number of fused-ring (bicyclic) bond motifs is 1. The van der Waals surface area contributed by atoms with E-state index in [2.05, 4.69) is 0 Å². The lowest BCUT2D eigenvalue weighted by molar-refractivity contribution is 0.0693. The molecule has 3 aromatic rings. The van der Waals surface area contributed by atoms with Crippen LogP contribution in [-0.2, 0) is 0 Å². The highest BCUT2D eigenvalue weighted by molar-refractivity contribution is 6.21. The zero-order valence-electron chi connectivity index (χ0n) is 14.9. The van der Waals surface area contributed by atoms with Crippen molar-refractivity contribution in [2.24, 2.45) is 0 Å². The van der Waals surface area contributed by atoms with E-state index in [0.29, 0.717) is 22.6 Å². The van der Waals surface area contributed by atoms with E-state index in [1.807, 2.05) is 48.5 Å². The average Bonchev–Trinajstić information content (AvgIpc) is 2.92. The van der Waals surface area contributed by atoms with Crippen LogP contribution in [0.5, 0.6) is 17.2 Å². The van der Waals surface area contributed by atoms with E-state index in [1.54, 1.807) is 25.3 Å². The van der Waals surface area contributed by atoms with Crippen molar-refractivity contribution in [3.05, 3.63) is 77.9 Å². The number of hydrogen-bond donors (Lipinski definition) is 0. The van der Waals surface area contributed by atoms with Crippen molar-refractivity contribution in [2.45, 2.75) is 0 Å². The molecule has 0 aliphatic carbocycles. The van der Waals surface area contributed by atoms with Crippen LogP contribution >= 0.6 is 0 Å². The number of methoxy groups -OCH3 is 1. The number of ether oxygens (including phenoxy) is 2. The quantitative estimate of drug-likeness (QED) is 0.649. The van der Waals surface area contributed by atoms with Crippen LogP contribution in [0.3, 0.4) is 0 Å². The first-order valence-electron chi connectivity index (χ1n) is 8.45. The fraction of sp³-hybridized carbons (Fsp3) is 0.0909. The predicted molar refractivity (Wildman–Crippen MR) is 101 cm³/mol. The third-order valence-corrected chi connectivity index (χ3v) is 4.57. The molecular formula is C22H17NO4. The Hall–Kier alpha value is -3.60. The lowest BCUT2D eigenvalue weighted by Crippen LogP contribution is -2.24. The molecule has 0 N–H and O–H groups in total. The standard InChI is InChI=1S/C22H17NO4/c1-23-21(24)19-12-11-18(13-20(19)22(23)25)27-17-9-5-15(6-10-17)14-3-7-16(26-2)8-4-14/h3-13H,1-2H3. The van der Waals surface area contributed by atoms with Crippen molar-refractivity contribution >= 4 is 11.8 Å². The van der Waals surface area contributed by atoms with Gasteiger partial charge in [0, 0.05) is 7.05 Å². The molecule has 0 spiro atoms. The molecule has 1 aliphatic heterocycles. The molecule has 0 bridgehead atoms. The smallest absolute Gasteiger partial charge is 0.261 e. The summed E-state index contributed by atoms with van der Waals surface area (Å²) in [4.78, 5) is 25.2. The molecule has 0 atom stereocenters. The van der Waals surface area contributed by atoms with Gasteiger partial charge in [-0.3, -0.25) is 14.5 Å². The molecule has 0 saturated carbocycles. The van der Waals surface area contributed by atoms with E-state index in [4.69, 9.17) is 9.47 Å². The average molecular weight is 359 g/mol. The van der Waals surface area contributed by atoms with Gasteiger partial charge < -0.3 is 9.47 Å². The number of rotatable bonds is 4. The van der Waals surface area contributed by atoms with E-state index < -0.39 is 0 Å². The lowest BCUT2D eigenvalue weighted by atomic mass is 10.1. The normalized spacial score (nSPS) is 12.9. The Kier molecular flexibility index (Phi) is 4.12. The van der Waals surface area contributed by atoms with Gasteiger partial charge in [0.2, 0.25) is 0 Å². The summed E-state index contributed by atoms with van der Waals surface area (Å²) in [5, 5.41) is 0. The highest BCUT2D eigenvalue weighted by Gasteiger charge is 2.32. The molecule has 0 radical (unpaired) electrons. The minimum atomic E-state index is -0.310. The summed E-state index contributed by atoms with van der Waals surface area (Å²) in [5.41, 5.74) is 2.91. The number of benzene rings is 3. The Bertz CT molecular complexity index is 1020. The molecule has 2 amide bonds. The monoisotopic (exact) mass is 359 g/mol. The number of hydrogen-bond acceptors (Lipinski definition) is 4. The van der Waals surface area contributed by atoms with Crippen molar-refractivity contribution in [2.75, 3.05) is 14.2 Å². The summed E-state index contributed by atoms with van der Waals surface area (Å²) >= 11 is 0. The minimum absolute atomic E-state index is 0.287. The van der Waals surface area contributed by atoms with Gasteiger partial charge in [0.25, 0.3) is 11.8 Å². The number of nitrogens with zero attached hydrogens (tertiary/aromatic N) is 1. The number of carbonyl (C=O) groups is 2. The van der Waals surface area contributed by atoms with Gasteiger partial charge in [-0.05, 0) is 53.6 Å². The van der Waals surface area contributed by atoms with Crippen LogP contribution in [0.25, 0.3) is 11.1 Å². The minimum Gasteiger partial charge on any atom is -0.497 e. The summed E-state index contributed by atoms with van der Waals surface area (Å²) in [6.45, 7) is 0. The second-order valence-corrected chi connectivity index (χ2v) is 6.23. The molecule has 0 fully saturated rings. The molecule has 27 heavy (non-hydrogen) atoms. The van der Waals surface area contributed by atoms with Crippen LogP contribution in [0.2, 0.25) is 0 Å². The zero-order valence-corrected chi connectivity index (χ0v) is 14.9. The Labute approximate surface area is 156 Å². The Morgan fingerprint density at radius 3 is 1.78 bits per heavy atom. The largest absolute Gasteiger partial charge is 0.497 e. The fourth-order valence-corrected chi connectivity index (χ4v) is 3.04. The van der Waals surface area contributed by atoms with Gasteiger partial charge >= 0.3 is 0 Å². The van der Waals surface area contributed by atoms with Gasteiger partial charge in [-0.1, -0.05) is 24.3 Å². The Morgan fingerprint density at radius 2 is 1.19 bits per heavy atom. The lowest BCUT2D eigenvalue weighted by Gasteiger charge is -2.08. The molecule has 5 nitrogen and oxygen atoms in total. The van der Waals surface area contributed by atoms with E-state index in [9.17, 15) is 9.59 Å². The number of carbonyl (C=O) groups excluding carboxylic acids is 2. The summed E-state index contributed by atoms with van der Waals surface area (Å²) in [7, 11) is 3.12. The van der Waals surface area contributed by atoms with Gasteiger partial charge in [-0.15, -0.1) is 0 Å². The molecule has 5 heteroatoms. The van der Waals surface area contributed by atoms with Crippen LogP contribution in [0.4, 0.5) is 0 Å². The molecule has 1 heterocycles. The van der Waals surface area contributed by atoms with Gasteiger partial charge in [-0.2, -0.15) is 0 Å². The zero-order chi connectivity index (χ0) is 19.0. The first kappa shape index (κ1) is 16.8. The molecule has 0 unspecified atom stereocenters. The highest BCUT2D eigenvalue weighted by Crippen LogP contribution is 2.30. The van der Waals surface area contributed by atoms with Crippen LogP contribution in [-0.4, -0.2) is 30.9 Å². The maximum absolute atomic E-state index is 12.1. The number of amides is 2. The van der Waals surface area contributed by atoms with Gasteiger partial charge in [0.15, 0.2) is 0 Å². The molecule has 4 rings (SSSR count). The molecule has 0 aromatic heterocycles. The van der Waals surface area contributed by atoms with Crippen LogP contribution in [0.1, 0.15) is 20.7 Å². The Balaban J connectivity index is 1.54. The maximum atomic E-state index is 12.1. The molecule has 134 valence electrons. The number of imide groups is 1.